The summed E-state index contributed by atoms with van der Waals surface area (Å²) in [6.07, 6.45) is 2.43. The Bertz CT molecular complexity index is 466. The van der Waals surface area contributed by atoms with Crippen LogP contribution in [0.2, 0.25) is 0 Å². The SMILES string of the molecule is CC(C)CC(N)CNC(=O)c1ccn(C)c(=O)c1. The minimum absolute atomic E-state index is 0.0551. The van der Waals surface area contributed by atoms with Crippen LogP contribution < -0.4 is 16.6 Å². The molecule has 1 aromatic rings. The molecule has 5 heteroatoms. The van der Waals surface area contributed by atoms with Crippen LogP contribution in [0.1, 0.15) is 30.6 Å². The van der Waals surface area contributed by atoms with E-state index in [1.165, 1.54) is 10.6 Å². The van der Waals surface area contributed by atoms with Crippen molar-refractivity contribution in [2.45, 2.75) is 26.3 Å². The number of hydrogen-bond donors (Lipinski definition) is 2. The predicted molar refractivity (Wildman–Crippen MR) is 71.4 cm³/mol. The van der Waals surface area contributed by atoms with Crippen LogP contribution in [0, 0.1) is 5.92 Å². The van der Waals surface area contributed by atoms with E-state index < -0.39 is 0 Å². The van der Waals surface area contributed by atoms with Gasteiger partial charge in [0.25, 0.3) is 11.5 Å². The second kappa shape index (κ2) is 6.35. The van der Waals surface area contributed by atoms with Crippen molar-refractivity contribution in [2.24, 2.45) is 18.7 Å². The van der Waals surface area contributed by atoms with Crippen LogP contribution in [0.15, 0.2) is 23.1 Å². The number of hydrogen-bond acceptors (Lipinski definition) is 3. The number of aromatic nitrogens is 1. The molecule has 0 aromatic carbocycles. The average molecular weight is 251 g/mol. The fourth-order valence-corrected chi connectivity index (χ4v) is 1.70. The lowest BCUT2D eigenvalue weighted by Gasteiger charge is -2.14. The summed E-state index contributed by atoms with van der Waals surface area (Å²) in [5, 5.41) is 2.74. The number of carbonyl (C=O) groups is 1. The maximum atomic E-state index is 11.8. The molecule has 1 heterocycles. The van der Waals surface area contributed by atoms with Gasteiger partial charge < -0.3 is 15.6 Å². The summed E-state index contributed by atoms with van der Waals surface area (Å²) >= 11 is 0. The maximum absolute atomic E-state index is 11.8. The van der Waals surface area contributed by atoms with Gasteiger partial charge in [-0.3, -0.25) is 9.59 Å². The zero-order valence-corrected chi connectivity index (χ0v) is 11.1. The van der Waals surface area contributed by atoms with Crippen molar-refractivity contribution in [3.63, 3.8) is 0 Å². The Morgan fingerprint density at radius 3 is 2.72 bits per heavy atom. The summed E-state index contributed by atoms with van der Waals surface area (Å²) in [5.74, 6) is 0.243. The molecule has 1 rings (SSSR count). The third-order valence-electron chi connectivity index (χ3n) is 2.67. The zero-order chi connectivity index (χ0) is 13.7. The molecule has 1 atom stereocenters. The largest absolute Gasteiger partial charge is 0.350 e. The summed E-state index contributed by atoms with van der Waals surface area (Å²) in [6, 6.07) is 2.88. The van der Waals surface area contributed by atoms with Gasteiger partial charge in [0.2, 0.25) is 0 Å². The molecule has 0 fully saturated rings. The summed E-state index contributed by atoms with van der Waals surface area (Å²) in [7, 11) is 1.64. The first-order valence-corrected chi connectivity index (χ1v) is 6.10. The number of nitrogens with two attached hydrogens (primary N) is 1. The van der Waals surface area contributed by atoms with Crippen molar-refractivity contribution in [3.8, 4) is 0 Å². The third kappa shape index (κ3) is 4.33. The molecule has 3 N–H and O–H groups in total. The molecule has 1 aromatic heterocycles. The van der Waals surface area contributed by atoms with E-state index in [0.717, 1.165) is 6.42 Å². The van der Waals surface area contributed by atoms with Gasteiger partial charge in [0.15, 0.2) is 0 Å². The summed E-state index contributed by atoms with van der Waals surface area (Å²) < 4.78 is 1.42. The molecule has 1 amide bonds. The molecule has 100 valence electrons. The van der Waals surface area contributed by atoms with Crippen LogP contribution in [0.25, 0.3) is 0 Å². The molecule has 1 unspecified atom stereocenters. The van der Waals surface area contributed by atoms with E-state index in [2.05, 4.69) is 19.2 Å². The first kappa shape index (κ1) is 14.4. The van der Waals surface area contributed by atoms with Crippen molar-refractivity contribution in [2.75, 3.05) is 6.54 Å². The zero-order valence-electron chi connectivity index (χ0n) is 11.1. The Kier molecular flexibility index (Phi) is 5.09. The van der Waals surface area contributed by atoms with Crippen molar-refractivity contribution in [1.82, 2.24) is 9.88 Å². The van der Waals surface area contributed by atoms with E-state index in [9.17, 15) is 9.59 Å². The van der Waals surface area contributed by atoms with Gasteiger partial charge in [-0.15, -0.1) is 0 Å². The second-order valence-electron chi connectivity index (χ2n) is 4.96. The van der Waals surface area contributed by atoms with Crippen LogP contribution in [-0.2, 0) is 7.05 Å². The number of nitrogens with one attached hydrogen (secondary N) is 1. The lowest BCUT2D eigenvalue weighted by Crippen LogP contribution is -2.38. The Labute approximate surface area is 107 Å². The molecule has 0 aliphatic rings. The second-order valence-corrected chi connectivity index (χ2v) is 4.96. The smallest absolute Gasteiger partial charge is 0.251 e. The van der Waals surface area contributed by atoms with E-state index in [4.69, 9.17) is 5.73 Å². The highest BCUT2D eigenvalue weighted by Crippen LogP contribution is 2.02. The van der Waals surface area contributed by atoms with Gasteiger partial charge in [0, 0.05) is 37.5 Å². The molecule has 5 nitrogen and oxygen atoms in total. The number of carbonyl (C=O) groups excluding carboxylic acids is 1. The molecular formula is C13H21N3O2. The van der Waals surface area contributed by atoms with E-state index in [1.807, 2.05) is 0 Å². The molecular weight excluding hydrogens is 230 g/mol. The van der Waals surface area contributed by atoms with Gasteiger partial charge in [-0.1, -0.05) is 13.8 Å². The number of aryl methyl sites for hydroxylation is 1. The fraction of sp³-hybridized carbons (Fsp3) is 0.538. The minimum Gasteiger partial charge on any atom is -0.350 e. The Morgan fingerprint density at radius 1 is 1.50 bits per heavy atom. The maximum Gasteiger partial charge on any atom is 0.251 e. The van der Waals surface area contributed by atoms with Crippen molar-refractivity contribution in [3.05, 3.63) is 34.2 Å². The van der Waals surface area contributed by atoms with E-state index in [-0.39, 0.29) is 17.5 Å². The molecule has 0 aliphatic carbocycles. The fourth-order valence-electron chi connectivity index (χ4n) is 1.70. The number of nitrogens with zero attached hydrogens (tertiary/aromatic N) is 1. The van der Waals surface area contributed by atoms with E-state index in [1.54, 1.807) is 19.3 Å². The summed E-state index contributed by atoms with van der Waals surface area (Å²) in [4.78, 5) is 23.2. The monoisotopic (exact) mass is 251 g/mol. The van der Waals surface area contributed by atoms with Gasteiger partial charge >= 0.3 is 0 Å². The summed E-state index contributed by atoms with van der Waals surface area (Å²) in [5.41, 5.74) is 6.04. The first-order valence-electron chi connectivity index (χ1n) is 6.10. The molecule has 0 spiro atoms. The van der Waals surface area contributed by atoms with Crippen LogP contribution in [-0.4, -0.2) is 23.1 Å². The quantitative estimate of drug-likeness (QED) is 0.799. The predicted octanol–water partition coefficient (Wildman–Crippen LogP) is 0.489. The van der Waals surface area contributed by atoms with Crippen molar-refractivity contribution >= 4 is 5.91 Å². The molecule has 0 radical (unpaired) electrons. The van der Waals surface area contributed by atoms with Gasteiger partial charge in [-0.25, -0.2) is 0 Å². The van der Waals surface area contributed by atoms with Crippen LogP contribution >= 0.6 is 0 Å². The van der Waals surface area contributed by atoms with Gasteiger partial charge in [-0.2, -0.15) is 0 Å². The molecule has 18 heavy (non-hydrogen) atoms. The van der Waals surface area contributed by atoms with E-state index in [0.29, 0.717) is 18.0 Å². The van der Waals surface area contributed by atoms with Crippen LogP contribution in [0.3, 0.4) is 0 Å². The third-order valence-corrected chi connectivity index (χ3v) is 2.67. The lowest BCUT2D eigenvalue weighted by atomic mass is 10.0. The Balaban J connectivity index is 2.55. The van der Waals surface area contributed by atoms with Gasteiger partial charge in [-0.05, 0) is 18.4 Å². The lowest BCUT2D eigenvalue weighted by molar-refractivity contribution is 0.0950. The number of rotatable bonds is 5. The molecule has 0 saturated heterocycles. The minimum atomic E-state index is -0.257. The van der Waals surface area contributed by atoms with Gasteiger partial charge in [0.05, 0.1) is 0 Å². The molecule has 0 bridgehead atoms. The topological polar surface area (TPSA) is 77.1 Å². The normalized spacial score (nSPS) is 12.5. The highest BCUT2D eigenvalue weighted by atomic mass is 16.2. The Hall–Kier alpha value is -1.62. The highest BCUT2D eigenvalue weighted by Gasteiger charge is 2.10. The first-order chi connectivity index (χ1) is 8.40. The number of pyridine rings is 1. The Morgan fingerprint density at radius 2 is 2.17 bits per heavy atom. The average Bonchev–Trinajstić information content (AvgIpc) is 2.28. The van der Waals surface area contributed by atoms with Gasteiger partial charge in [0.1, 0.15) is 0 Å². The van der Waals surface area contributed by atoms with Crippen molar-refractivity contribution < 1.29 is 4.79 Å². The molecule has 0 aliphatic heterocycles. The highest BCUT2D eigenvalue weighted by molar-refractivity contribution is 5.93. The summed E-state index contributed by atoms with van der Waals surface area (Å²) in [6.45, 7) is 4.59. The van der Waals surface area contributed by atoms with Crippen LogP contribution in [0.4, 0.5) is 0 Å². The van der Waals surface area contributed by atoms with Crippen LogP contribution in [0.5, 0.6) is 0 Å². The van der Waals surface area contributed by atoms with E-state index >= 15 is 0 Å². The molecule has 0 saturated carbocycles. The standard InChI is InChI=1S/C13H21N3O2/c1-9(2)6-11(14)8-15-13(18)10-4-5-16(3)12(17)7-10/h4-5,7,9,11H,6,8,14H2,1-3H3,(H,15,18). The number of amides is 1. The van der Waals surface area contributed by atoms with Crippen molar-refractivity contribution in [1.29, 1.82) is 0 Å².